The van der Waals surface area contributed by atoms with E-state index in [0.29, 0.717) is 13.0 Å². The van der Waals surface area contributed by atoms with Crippen molar-refractivity contribution in [3.8, 4) is 0 Å². The summed E-state index contributed by atoms with van der Waals surface area (Å²) in [6.07, 6.45) is 0.514. The highest BCUT2D eigenvalue weighted by atomic mass is 32.2. The van der Waals surface area contributed by atoms with E-state index in [9.17, 15) is 8.42 Å². The van der Waals surface area contributed by atoms with E-state index in [2.05, 4.69) is 0 Å². The van der Waals surface area contributed by atoms with Crippen LogP contribution in [0, 0.1) is 0 Å². The third-order valence-electron chi connectivity index (χ3n) is 2.47. The third kappa shape index (κ3) is 5.30. The van der Waals surface area contributed by atoms with Gasteiger partial charge in [-0.1, -0.05) is 30.3 Å². The van der Waals surface area contributed by atoms with Crippen LogP contribution >= 0.6 is 0 Å². The van der Waals surface area contributed by atoms with Gasteiger partial charge in [-0.3, -0.25) is 0 Å². The second-order valence-electron chi connectivity index (χ2n) is 3.98. The largest absolute Gasteiger partial charge is 0.385 e. The summed E-state index contributed by atoms with van der Waals surface area (Å²) in [6.45, 7) is 0.458. The molecule has 1 rings (SSSR count). The molecular formula is C12H19NO3S. The van der Waals surface area contributed by atoms with Gasteiger partial charge in [0.05, 0.1) is 11.5 Å². The minimum Gasteiger partial charge on any atom is -0.385 e. The van der Waals surface area contributed by atoms with Crippen LogP contribution in [-0.4, -0.2) is 33.6 Å². The van der Waals surface area contributed by atoms with E-state index in [4.69, 9.17) is 10.5 Å². The molecule has 1 aromatic rings. The fraction of sp³-hybridized carbons (Fsp3) is 0.500. The number of hydrogen-bond acceptors (Lipinski definition) is 4. The van der Waals surface area contributed by atoms with Gasteiger partial charge in [0.25, 0.3) is 0 Å². The Balaban J connectivity index is 2.53. The molecule has 1 unspecified atom stereocenters. The maximum absolute atomic E-state index is 11.8. The highest BCUT2D eigenvalue weighted by Gasteiger charge is 2.17. The lowest BCUT2D eigenvalue weighted by Gasteiger charge is -2.12. The number of sulfone groups is 1. The molecule has 0 spiro atoms. The van der Waals surface area contributed by atoms with Crippen LogP contribution in [0.3, 0.4) is 0 Å². The Morgan fingerprint density at radius 3 is 2.53 bits per heavy atom. The van der Waals surface area contributed by atoms with Crippen LogP contribution < -0.4 is 5.73 Å². The Labute approximate surface area is 103 Å². The van der Waals surface area contributed by atoms with Crippen molar-refractivity contribution in [1.82, 2.24) is 0 Å². The Morgan fingerprint density at radius 1 is 1.29 bits per heavy atom. The van der Waals surface area contributed by atoms with Gasteiger partial charge in [-0.25, -0.2) is 8.42 Å². The predicted molar refractivity (Wildman–Crippen MR) is 68.5 cm³/mol. The first-order chi connectivity index (χ1) is 8.05. The number of rotatable bonds is 7. The molecule has 0 aliphatic carbocycles. The molecule has 17 heavy (non-hydrogen) atoms. The molecule has 0 amide bonds. The highest BCUT2D eigenvalue weighted by Crippen LogP contribution is 2.12. The fourth-order valence-corrected chi connectivity index (χ4v) is 3.04. The molecule has 0 saturated carbocycles. The Morgan fingerprint density at radius 2 is 1.94 bits per heavy atom. The maximum atomic E-state index is 11.8. The molecule has 0 aromatic heterocycles. The highest BCUT2D eigenvalue weighted by molar-refractivity contribution is 7.91. The van der Waals surface area contributed by atoms with E-state index in [1.54, 1.807) is 7.11 Å². The topological polar surface area (TPSA) is 69.4 Å². The lowest BCUT2D eigenvalue weighted by atomic mass is 10.1. The van der Waals surface area contributed by atoms with E-state index in [1.165, 1.54) is 0 Å². The van der Waals surface area contributed by atoms with Crippen molar-refractivity contribution >= 4 is 9.84 Å². The van der Waals surface area contributed by atoms with Crippen molar-refractivity contribution in [2.24, 2.45) is 5.73 Å². The van der Waals surface area contributed by atoms with Crippen LogP contribution in [0.1, 0.15) is 18.0 Å². The van der Waals surface area contributed by atoms with Crippen molar-refractivity contribution in [2.75, 3.05) is 25.2 Å². The molecule has 1 atom stereocenters. The smallest absolute Gasteiger partial charge is 0.152 e. The van der Waals surface area contributed by atoms with Crippen LogP contribution in [0.25, 0.3) is 0 Å². The summed E-state index contributed by atoms with van der Waals surface area (Å²) in [7, 11) is -1.55. The average molecular weight is 257 g/mol. The molecule has 0 aliphatic heterocycles. The second-order valence-corrected chi connectivity index (χ2v) is 6.21. The first-order valence-corrected chi connectivity index (χ1v) is 7.37. The first-order valence-electron chi connectivity index (χ1n) is 5.55. The zero-order chi connectivity index (χ0) is 12.7. The zero-order valence-electron chi connectivity index (χ0n) is 10.0. The lowest BCUT2D eigenvalue weighted by Crippen LogP contribution is -2.24. The SMILES string of the molecule is COCCCS(=O)(=O)CC(N)c1ccccc1. The monoisotopic (exact) mass is 257 g/mol. The Hall–Kier alpha value is -0.910. The van der Waals surface area contributed by atoms with Crippen LogP contribution in [0.15, 0.2) is 30.3 Å². The van der Waals surface area contributed by atoms with Crippen LogP contribution in [0.5, 0.6) is 0 Å². The van der Waals surface area contributed by atoms with E-state index in [-0.39, 0.29) is 11.5 Å². The lowest BCUT2D eigenvalue weighted by molar-refractivity contribution is 0.199. The van der Waals surface area contributed by atoms with Gasteiger partial charge in [-0.15, -0.1) is 0 Å². The normalized spacial score (nSPS) is 13.5. The Kier molecular flexibility index (Phi) is 5.61. The molecule has 0 fully saturated rings. The van der Waals surface area contributed by atoms with E-state index in [0.717, 1.165) is 5.56 Å². The molecule has 0 bridgehead atoms. The first kappa shape index (κ1) is 14.2. The second kappa shape index (κ2) is 6.74. The minimum atomic E-state index is -3.11. The van der Waals surface area contributed by atoms with Gasteiger partial charge in [0.1, 0.15) is 0 Å². The van der Waals surface area contributed by atoms with Gasteiger partial charge in [-0.2, -0.15) is 0 Å². The van der Waals surface area contributed by atoms with Crippen LogP contribution in [0.4, 0.5) is 0 Å². The number of nitrogens with two attached hydrogens (primary N) is 1. The van der Waals surface area contributed by atoms with E-state index in [1.807, 2.05) is 30.3 Å². The quantitative estimate of drug-likeness (QED) is 0.744. The van der Waals surface area contributed by atoms with Crippen molar-refractivity contribution in [2.45, 2.75) is 12.5 Å². The average Bonchev–Trinajstić information content (AvgIpc) is 2.30. The van der Waals surface area contributed by atoms with Gasteiger partial charge >= 0.3 is 0 Å². The standard InChI is InChI=1S/C12H19NO3S/c1-16-8-5-9-17(14,15)10-12(13)11-6-3-2-4-7-11/h2-4,6-7,12H,5,8-10,13H2,1H3. The number of benzene rings is 1. The fourth-order valence-electron chi connectivity index (χ4n) is 1.58. The van der Waals surface area contributed by atoms with Crippen molar-refractivity contribution in [3.05, 3.63) is 35.9 Å². The summed E-state index contributed by atoms with van der Waals surface area (Å²) < 4.78 is 28.3. The molecule has 0 aliphatic rings. The molecule has 1 aromatic carbocycles. The summed E-state index contributed by atoms with van der Waals surface area (Å²) in [5.74, 6) is 0.113. The molecule has 4 nitrogen and oxygen atoms in total. The molecule has 0 saturated heterocycles. The van der Waals surface area contributed by atoms with Gasteiger partial charge in [0, 0.05) is 19.8 Å². The number of methoxy groups -OCH3 is 1. The predicted octanol–water partition coefficient (Wildman–Crippen LogP) is 1.14. The zero-order valence-corrected chi connectivity index (χ0v) is 10.8. The van der Waals surface area contributed by atoms with Gasteiger partial charge < -0.3 is 10.5 Å². The maximum Gasteiger partial charge on any atom is 0.152 e. The molecule has 0 radical (unpaired) electrons. The van der Waals surface area contributed by atoms with E-state index >= 15 is 0 Å². The van der Waals surface area contributed by atoms with E-state index < -0.39 is 15.9 Å². The summed E-state index contributed by atoms with van der Waals surface area (Å²) >= 11 is 0. The summed E-state index contributed by atoms with van der Waals surface area (Å²) in [5, 5.41) is 0. The number of ether oxygens (including phenoxy) is 1. The molecule has 0 heterocycles. The number of hydrogen-bond donors (Lipinski definition) is 1. The minimum absolute atomic E-state index is 0.0132. The van der Waals surface area contributed by atoms with Crippen molar-refractivity contribution < 1.29 is 13.2 Å². The van der Waals surface area contributed by atoms with Gasteiger partial charge in [0.15, 0.2) is 9.84 Å². The summed E-state index contributed by atoms with van der Waals surface area (Å²) in [5.41, 5.74) is 6.72. The summed E-state index contributed by atoms with van der Waals surface area (Å²) in [6, 6.07) is 8.82. The van der Waals surface area contributed by atoms with Crippen molar-refractivity contribution in [1.29, 1.82) is 0 Å². The van der Waals surface area contributed by atoms with Crippen molar-refractivity contribution in [3.63, 3.8) is 0 Å². The van der Waals surface area contributed by atoms with Crippen LogP contribution in [0.2, 0.25) is 0 Å². The van der Waals surface area contributed by atoms with Gasteiger partial charge in [-0.05, 0) is 12.0 Å². The Bertz CT molecular complexity index is 417. The van der Waals surface area contributed by atoms with Crippen LogP contribution in [-0.2, 0) is 14.6 Å². The third-order valence-corrected chi connectivity index (χ3v) is 4.24. The molecule has 5 heteroatoms. The van der Waals surface area contributed by atoms with Gasteiger partial charge in [0.2, 0.25) is 0 Å². The molecule has 96 valence electrons. The molecular weight excluding hydrogens is 238 g/mol. The molecule has 2 N–H and O–H groups in total. The summed E-state index contributed by atoms with van der Waals surface area (Å²) in [4.78, 5) is 0.